The van der Waals surface area contributed by atoms with Gasteiger partial charge in [-0.25, -0.2) is 9.18 Å². The first kappa shape index (κ1) is 10.1. The lowest BCUT2D eigenvalue weighted by Crippen LogP contribution is -2.17. The van der Waals surface area contributed by atoms with Crippen molar-refractivity contribution in [2.45, 2.75) is 25.4 Å². The van der Waals surface area contributed by atoms with Crippen LogP contribution < -0.4 is 0 Å². The van der Waals surface area contributed by atoms with Gasteiger partial charge in [0.15, 0.2) is 0 Å². The Bertz CT molecular complexity index is 377. The van der Waals surface area contributed by atoms with Gasteiger partial charge in [-0.05, 0) is 43.4 Å². The first-order chi connectivity index (χ1) is 7.01. The van der Waals surface area contributed by atoms with Gasteiger partial charge in [-0.1, -0.05) is 12.1 Å². The monoisotopic (exact) mass is 208 g/mol. The molecule has 1 unspecified atom stereocenters. The van der Waals surface area contributed by atoms with Crippen molar-refractivity contribution >= 4 is 5.97 Å². The molecule has 1 fully saturated rings. The van der Waals surface area contributed by atoms with Crippen LogP contribution in [0.25, 0.3) is 0 Å². The van der Waals surface area contributed by atoms with Gasteiger partial charge in [-0.2, -0.15) is 0 Å². The van der Waals surface area contributed by atoms with Crippen LogP contribution >= 0.6 is 0 Å². The summed E-state index contributed by atoms with van der Waals surface area (Å²) in [6.07, 6.45) is 1.85. The lowest BCUT2D eigenvalue weighted by Gasteiger charge is -2.20. The molecule has 0 radical (unpaired) electrons. The minimum Gasteiger partial charge on any atom is -0.478 e. The second-order valence-corrected chi connectivity index (χ2v) is 4.23. The van der Waals surface area contributed by atoms with Crippen LogP contribution in [-0.2, 0) is 5.67 Å². The second-order valence-electron chi connectivity index (χ2n) is 4.23. The van der Waals surface area contributed by atoms with Crippen LogP contribution in [0, 0.1) is 5.92 Å². The van der Waals surface area contributed by atoms with Gasteiger partial charge in [0.1, 0.15) is 5.67 Å². The van der Waals surface area contributed by atoms with E-state index in [-0.39, 0.29) is 11.5 Å². The second kappa shape index (κ2) is 3.33. The lowest BCUT2D eigenvalue weighted by atomic mass is 9.92. The molecule has 1 N–H and O–H groups in total. The van der Waals surface area contributed by atoms with Crippen molar-refractivity contribution in [1.29, 1.82) is 0 Å². The third kappa shape index (κ3) is 1.87. The highest BCUT2D eigenvalue weighted by Crippen LogP contribution is 2.48. The van der Waals surface area contributed by atoms with E-state index in [0.29, 0.717) is 5.56 Å². The molecule has 1 aliphatic rings. The van der Waals surface area contributed by atoms with Gasteiger partial charge < -0.3 is 5.11 Å². The van der Waals surface area contributed by atoms with Gasteiger partial charge >= 0.3 is 5.97 Å². The standard InChI is InChI=1S/C12H13FO2/c1-12(13,10-6-7-10)9-4-2-8(3-5-9)11(14)15/h2-5,10H,6-7H2,1H3,(H,14,15). The average molecular weight is 208 g/mol. The molecule has 1 atom stereocenters. The molecule has 0 bridgehead atoms. The van der Waals surface area contributed by atoms with Crippen molar-refractivity contribution in [3.05, 3.63) is 35.4 Å². The summed E-state index contributed by atoms with van der Waals surface area (Å²) in [5.41, 5.74) is -0.530. The van der Waals surface area contributed by atoms with E-state index in [4.69, 9.17) is 5.11 Å². The van der Waals surface area contributed by atoms with Gasteiger partial charge in [0.05, 0.1) is 5.56 Å². The van der Waals surface area contributed by atoms with Gasteiger partial charge in [0.25, 0.3) is 0 Å². The Morgan fingerprint density at radius 2 is 1.93 bits per heavy atom. The quantitative estimate of drug-likeness (QED) is 0.829. The number of carboxylic acid groups (broad SMARTS) is 1. The number of rotatable bonds is 3. The van der Waals surface area contributed by atoms with Crippen LogP contribution in [0.3, 0.4) is 0 Å². The molecule has 15 heavy (non-hydrogen) atoms. The summed E-state index contributed by atoms with van der Waals surface area (Å²) >= 11 is 0. The number of aromatic carboxylic acids is 1. The van der Waals surface area contributed by atoms with Crippen molar-refractivity contribution in [1.82, 2.24) is 0 Å². The van der Waals surface area contributed by atoms with E-state index in [0.717, 1.165) is 12.8 Å². The summed E-state index contributed by atoms with van der Waals surface area (Å²) in [5, 5.41) is 8.71. The summed E-state index contributed by atoms with van der Waals surface area (Å²) < 4.78 is 14.2. The van der Waals surface area contributed by atoms with E-state index in [9.17, 15) is 9.18 Å². The van der Waals surface area contributed by atoms with Gasteiger partial charge in [0, 0.05) is 0 Å². The average Bonchev–Trinajstić information content (AvgIpc) is 3.01. The maximum absolute atomic E-state index is 14.2. The summed E-state index contributed by atoms with van der Waals surface area (Å²) in [4.78, 5) is 10.6. The Morgan fingerprint density at radius 3 is 2.33 bits per heavy atom. The van der Waals surface area contributed by atoms with Crippen LogP contribution in [0.2, 0.25) is 0 Å². The van der Waals surface area contributed by atoms with Crippen LogP contribution in [0.4, 0.5) is 4.39 Å². The fourth-order valence-electron chi connectivity index (χ4n) is 1.80. The van der Waals surface area contributed by atoms with Gasteiger partial charge in [-0.3, -0.25) is 0 Å². The smallest absolute Gasteiger partial charge is 0.335 e. The van der Waals surface area contributed by atoms with Gasteiger partial charge in [0.2, 0.25) is 0 Å². The summed E-state index contributed by atoms with van der Waals surface area (Å²) in [6.45, 7) is 1.57. The summed E-state index contributed by atoms with van der Waals surface area (Å²) in [7, 11) is 0. The van der Waals surface area contributed by atoms with Crippen LogP contribution in [0.15, 0.2) is 24.3 Å². The van der Waals surface area contributed by atoms with E-state index in [1.165, 1.54) is 12.1 Å². The Balaban J connectivity index is 2.26. The first-order valence-electron chi connectivity index (χ1n) is 5.04. The predicted octanol–water partition coefficient (Wildman–Crippen LogP) is 2.98. The molecule has 0 aliphatic heterocycles. The van der Waals surface area contributed by atoms with E-state index < -0.39 is 11.6 Å². The van der Waals surface area contributed by atoms with Crippen molar-refractivity contribution < 1.29 is 14.3 Å². The number of carboxylic acids is 1. The summed E-state index contributed by atoms with van der Waals surface area (Å²) in [5.74, 6) is -0.873. The first-order valence-corrected chi connectivity index (χ1v) is 5.04. The Kier molecular flexibility index (Phi) is 2.25. The molecule has 80 valence electrons. The Hall–Kier alpha value is -1.38. The highest BCUT2D eigenvalue weighted by atomic mass is 19.1. The van der Waals surface area contributed by atoms with E-state index in [1.54, 1.807) is 19.1 Å². The molecule has 1 aromatic rings. The van der Waals surface area contributed by atoms with Crippen LogP contribution in [-0.4, -0.2) is 11.1 Å². The maximum atomic E-state index is 14.2. The van der Waals surface area contributed by atoms with E-state index in [1.807, 2.05) is 0 Å². The summed E-state index contributed by atoms with van der Waals surface area (Å²) in [6, 6.07) is 6.05. The van der Waals surface area contributed by atoms with Crippen molar-refractivity contribution in [3.63, 3.8) is 0 Å². The number of hydrogen-bond donors (Lipinski definition) is 1. The van der Waals surface area contributed by atoms with Crippen molar-refractivity contribution in [3.8, 4) is 0 Å². The zero-order valence-corrected chi connectivity index (χ0v) is 8.53. The molecular formula is C12H13FO2. The van der Waals surface area contributed by atoms with E-state index >= 15 is 0 Å². The molecule has 0 heterocycles. The normalized spacial score (nSPS) is 19.6. The fourth-order valence-corrected chi connectivity index (χ4v) is 1.80. The number of halogens is 1. The molecule has 1 saturated carbocycles. The molecular weight excluding hydrogens is 195 g/mol. The largest absolute Gasteiger partial charge is 0.478 e. The number of alkyl halides is 1. The van der Waals surface area contributed by atoms with E-state index in [2.05, 4.69) is 0 Å². The zero-order valence-electron chi connectivity index (χ0n) is 8.53. The predicted molar refractivity (Wildman–Crippen MR) is 54.6 cm³/mol. The number of benzene rings is 1. The molecule has 0 spiro atoms. The highest BCUT2D eigenvalue weighted by Gasteiger charge is 2.43. The molecule has 2 rings (SSSR count). The number of carbonyl (C=O) groups is 1. The minimum absolute atomic E-state index is 0.105. The van der Waals surface area contributed by atoms with Crippen molar-refractivity contribution in [2.75, 3.05) is 0 Å². The molecule has 0 saturated heterocycles. The van der Waals surface area contributed by atoms with Gasteiger partial charge in [-0.15, -0.1) is 0 Å². The SMILES string of the molecule is CC(F)(c1ccc(C(=O)O)cc1)C1CC1. The molecule has 0 aromatic heterocycles. The Morgan fingerprint density at radius 1 is 1.40 bits per heavy atom. The molecule has 0 amide bonds. The van der Waals surface area contributed by atoms with Crippen LogP contribution in [0.5, 0.6) is 0 Å². The number of hydrogen-bond acceptors (Lipinski definition) is 1. The minimum atomic E-state index is -1.31. The highest BCUT2D eigenvalue weighted by molar-refractivity contribution is 5.87. The maximum Gasteiger partial charge on any atom is 0.335 e. The Labute approximate surface area is 87.7 Å². The topological polar surface area (TPSA) is 37.3 Å². The molecule has 3 heteroatoms. The third-order valence-electron chi connectivity index (χ3n) is 3.04. The zero-order chi connectivity index (χ0) is 11.1. The molecule has 2 nitrogen and oxygen atoms in total. The fraction of sp³-hybridized carbons (Fsp3) is 0.417. The third-order valence-corrected chi connectivity index (χ3v) is 3.04. The van der Waals surface area contributed by atoms with Crippen LogP contribution in [0.1, 0.15) is 35.7 Å². The lowest BCUT2D eigenvalue weighted by molar-refractivity contribution is 0.0696. The molecule has 1 aromatic carbocycles. The molecule has 1 aliphatic carbocycles. The van der Waals surface area contributed by atoms with Crippen molar-refractivity contribution in [2.24, 2.45) is 5.92 Å².